The lowest BCUT2D eigenvalue weighted by molar-refractivity contribution is -0.124. The molecule has 2 nitrogen and oxygen atoms in total. The van der Waals surface area contributed by atoms with Gasteiger partial charge in [0.2, 0.25) is 5.91 Å². The van der Waals surface area contributed by atoms with Crippen molar-refractivity contribution in [2.24, 2.45) is 0 Å². The first-order valence-electron chi connectivity index (χ1n) is 16.3. The van der Waals surface area contributed by atoms with Crippen LogP contribution in [0.15, 0.2) is 97.6 Å². The fourth-order valence-corrected chi connectivity index (χ4v) is 5.97. The minimum absolute atomic E-state index is 0.0169. The number of unbranched alkanes of at least 4 members (excludes halogenated alkanes) is 2. The maximum atomic E-state index is 11.8. The van der Waals surface area contributed by atoms with E-state index in [4.69, 9.17) is 0 Å². The summed E-state index contributed by atoms with van der Waals surface area (Å²) in [7, 11) is 1.84. The summed E-state index contributed by atoms with van der Waals surface area (Å²) < 4.78 is 0. The van der Waals surface area contributed by atoms with Gasteiger partial charge in [-0.25, -0.2) is 0 Å². The fraction of sp³-hybridized carbons (Fsp3) is 0.341. The third kappa shape index (κ3) is 8.57. The number of carbonyl (C=O) groups excluding carboxylic acids is 1. The number of benzene rings is 4. The Morgan fingerprint density at radius 1 is 0.628 bits per heavy atom. The monoisotopic (exact) mass is 571 g/mol. The molecule has 0 spiro atoms. The SMILES string of the molecule is C=CC(=O)N(C)CCCc1ccc(-c2ccc(-c3ccc(-c4ccc(CCCCC)cc4)cc3)cc2CCC)cc1CC. The molecular formula is C41H49NO. The van der Waals surface area contributed by atoms with Crippen molar-refractivity contribution in [1.82, 2.24) is 4.90 Å². The van der Waals surface area contributed by atoms with Gasteiger partial charge in [-0.15, -0.1) is 0 Å². The van der Waals surface area contributed by atoms with Crippen molar-refractivity contribution in [3.8, 4) is 33.4 Å². The maximum Gasteiger partial charge on any atom is 0.245 e. The molecule has 0 bridgehead atoms. The Balaban J connectivity index is 1.50. The number of aryl methyl sites for hydroxylation is 4. The van der Waals surface area contributed by atoms with E-state index in [0.717, 1.165) is 38.6 Å². The van der Waals surface area contributed by atoms with Crippen LogP contribution in [0.1, 0.15) is 75.1 Å². The number of carbonyl (C=O) groups is 1. The predicted molar refractivity (Wildman–Crippen MR) is 186 cm³/mol. The minimum atomic E-state index is -0.0169. The van der Waals surface area contributed by atoms with Crippen LogP contribution in [-0.4, -0.2) is 24.4 Å². The predicted octanol–water partition coefficient (Wildman–Crippen LogP) is 10.5. The standard InChI is InChI=1S/C41H49NO/c1-6-10-11-14-31-16-18-34(19-17-31)35-20-22-36(23-21-35)37-26-27-40(38(30-37)13-7-2)39-25-24-33(32(8-3)29-39)15-12-28-42(5)41(43)9-4/h9,16-27,29-30H,4,6-8,10-15,28H2,1-3,5H3. The van der Waals surface area contributed by atoms with E-state index in [9.17, 15) is 4.79 Å². The molecule has 1 amide bonds. The number of likely N-dealkylation sites (N-methyl/N-ethyl adjacent to an activating group) is 1. The van der Waals surface area contributed by atoms with E-state index in [1.807, 2.05) is 7.05 Å². The summed E-state index contributed by atoms with van der Waals surface area (Å²) in [6, 6.07) is 32.1. The van der Waals surface area contributed by atoms with Crippen molar-refractivity contribution in [2.45, 2.75) is 78.6 Å². The molecule has 0 atom stereocenters. The van der Waals surface area contributed by atoms with E-state index >= 15 is 0 Å². The molecule has 0 aliphatic carbocycles. The summed E-state index contributed by atoms with van der Waals surface area (Å²) in [6.45, 7) is 11.1. The highest BCUT2D eigenvalue weighted by Gasteiger charge is 2.11. The Bertz CT molecular complexity index is 1480. The van der Waals surface area contributed by atoms with Crippen molar-refractivity contribution in [2.75, 3.05) is 13.6 Å². The van der Waals surface area contributed by atoms with E-state index in [0.29, 0.717) is 0 Å². The molecule has 0 radical (unpaired) electrons. The van der Waals surface area contributed by atoms with Gasteiger partial charge < -0.3 is 4.90 Å². The second kappa shape index (κ2) is 16.1. The lowest BCUT2D eigenvalue weighted by Crippen LogP contribution is -2.25. The number of nitrogens with zero attached hydrogens (tertiary/aromatic N) is 1. The van der Waals surface area contributed by atoms with E-state index in [-0.39, 0.29) is 5.91 Å². The average Bonchev–Trinajstić information content (AvgIpc) is 3.05. The Morgan fingerprint density at radius 2 is 1.23 bits per heavy atom. The first-order valence-corrected chi connectivity index (χ1v) is 16.3. The molecule has 0 aliphatic rings. The number of amides is 1. The van der Waals surface area contributed by atoms with Crippen LogP contribution in [0.2, 0.25) is 0 Å². The van der Waals surface area contributed by atoms with Crippen LogP contribution in [0.3, 0.4) is 0 Å². The second-order valence-corrected chi connectivity index (χ2v) is 11.8. The molecular weight excluding hydrogens is 522 g/mol. The largest absolute Gasteiger partial charge is 0.342 e. The lowest BCUT2D eigenvalue weighted by Gasteiger charge is -2.17. The lowest BCUT2D eigenvalue weighted by atomic mass is 9.90. The Hall–Kier alpha value is -3.91. The number of hydrogen-bond donors (Lipinski definition) is 0. The highest BCUT2D eigenvalue weighted by molar-refractivity contribution is 5.86. The number of rotatable bonds is 15. The third-order valence-electron chi connectivity index (χ3n) is 8.59. The van der Waals surface area contributed by atoms with Gasteiger partial charge in [-0.3, -0.25) is 4.79 Å². The maximum absolute atomic E-state index is 11.8. The van der Waals surface area contributed by atoms with Crippen molar-refractivity contribution in [3.63, 3.8) is 0 Å². The Morgan fingerprint density at radius 3 is 1.86 bits per heavy atom. The third-order valence-corrected chi connectivity index (χ3v) is 8.59. The molecule has 0 saturated heterocycles. The molecule has 4 aromatic carbocycles. The molecule has 0 unspecified atom stereocenters. The van der Waals surface area contributed by atoms with Gasteiger partial charge in [0.05, 0.1) is 0 Å². The molecule has 0 aromatic heterocycles. The van der Waals surface area contributed by atoms with Gasteiger partial charge in [-0.2, -0.15) is 0 Å². The summed E-state index contributed by atoms with van der Waals surface area (Å²) in [5.41, 5.74) is 13.3. The van der Waals surface area contributed by atoms with Crippen LogP contribution in [0.4, 0.5) is 0 Å². The van der Waals surface area contributed by atoms with E-state index in [1.165, 1.54) is 87.4 Å². The van der Waals surface area contributed by atoms with E-state index < -0.39 is 0 Å². The van der Waals surface area contributed by atoms with E-state index in [1.54, 1.807) is 4.90 Å². The minimum Gasteiger partial charge on any atom is -0.342 e. The highest BCUT2D eigenvalue weighted by atomic mass is 16.2. The van der Waals surface area contributed by atoms with Crippen LogP contribution >= 0.6 is 0 Å². The molecule has 224 valence electrons. The van der Waals surface area contributed by atoms with E-state index in [2.05, 4.69) is 112 Å². The summed E-state index contributed by atoms with van der Waals surface area (Å²) >= 11 is 0. The first-order chi connectivity index (χ1) is 21.0. The van der Waals surface area contributed by atoms with Crippen LogP contribution in [0, 0.1) is 0 Å². The molecule has 0 N–H and O–H groups in total. The van der Waals surface area contributed by atoms with Gasteiger partial charge in [-0.05, 0) is 100 Å². The molecule has 0 saturated carbocycles. The Labute approximate surface area is 260 Å². The summed E-state index contributed by atoms with van der Waals surface area (Å²) in [5, 5.41) is 0. The topological polar surface area (TPSA) is 20.3 Å². The Kier molecular flexibility index (Phi) is 12.0. The van der Waals surface area contributed by atoms with Gasteiger partial charge in [0.1, 0.15) is 0 Å². The van der Waals surface area contributed by atoms with Crippen LogP contribution in [0.5, 0.6) is 0 Å². The van der Waals surface area contributed by atoms with Crippen molar-refractivity contribution in [1.29, 1.82) is 0 Å². The molecule has 0 fully saturated rings. The van der Waals surface area contributed by atoms with Crippen LogP contribution in [-0.2, 0) is 30.5 Å². The van der Waals surface area contributed by atoms with Crippen molar-refractivity contribution >= 4 is 5.91 Å². The number of hydrogen-bond acceptors (Lipinski definition) is 1. The van der Waals surface area contributed by atoms with Crippen molar-refractivity contribution in [3.05, 3.63) is 120 Å². The quantitative estimate of drug-likeness (QED) is 0.103. The average molecular weight is 572 g/mol. The molecule has 0 heterocycles. The van der Waals surface area contributed by atoms with Gasteiger partial charge in [0.25, 0.3) is 0 Å². The molecule has 43 heavy (non-hydrogen) atoms. The second-order valence-electron chi connectivity index (χ2n) is 11.8. The molecule has 4 aromatic rings. The first kappa shape index (κ1) is 32.0. The van der Waals surface area contributed by atoms with Gasteiger partial charge in [-0.1, -0.05) is 132 Å². The zero-order valence-corrected chi connectivity index (χ0v) is 26.8. The highest BCUT2D eigenvalue weighted by Crippen LogP contribution is 2.33. The summed E-state index contributed by atoms with van der Waals surface area (Å²) in [6.07, 6.45) is 11.5. The summed E-state index contributed by atoms with van der Waals surface area (Å²) in [5.74, 6) is -0.0169. The fourth-order valence-electron chi connectivity index (χ4n) is 5.97. The molecule has 2 heteroatoms. The smallest absolute Gasteiger partial charge is 0.245 e. The normalized spacial score (nSPS) is 11.0. The molecule has 0 aliphatic heterocycles. The van der Waals surface area contributed by atoms with Crippen molar-refractivity contribution < 1.29 is 4.79 Å². The van der Waals surface area contributed by atoms with Gasteiger partial charge in [0.15, 0.2) is 0 Å². The van der Waals surface area contributed by atoms with Gasteiger partial charge in [0, 0.05) is 13.6 Å². The summed E-state index contributed by atoms with van der Waals surface area (Å²) in [4.78, 5) is 13.5. The van der Waals surface area contributed by atoms with Gasteiger partial charge >= 0.3 is 0 Å². The zero-order valence-electron chi connectivity index (χ0n) is 26.8. The van der Waals surface area contributed by atoms with Crippen LogP contribution in [0.25, 0.3) is 33.4 Å². The molecule has 4 rings (SSSR count). The zero-order chi connectivity index (χ0) is 30.6. The van der Waals surface area contributed by atoms with Crippen LogP contribution < -0.4 is 0 Å².